The number of anilines is 1. The molecular weight excluding hydrogens is 380 g/mol. The third kappa shape index (κ3) is 5.64. The second-order valence-corrected chi connectivity index (χ2v) is 7.06. The molecule has 0 aliphatic heterocycles. The van der Waals surface area contributed by atoms with Gasteiger partial charge in [-0.15, -0.1) is 11.3 Å². The molecule has 0 spiro atoms. The molecule has 1 atom stereocenters. The first-order valence-corrected chi connectivity index (χ1v) is 8.78. The Morgan fingerprint density at radius 1 is 1.31 bits per heavy atom. The minimum Gasteiger partial charge on any atom is -0.465 e. The van der Waals surface area contributed by atoms with E-state index < -0.39 is 18.0 Å². The third-order valence-corrected chi connectivity index (χ3v) is 4.56. The molecule has 4 N–H and O–H groups in total. The normalized spacial score (nSPS) is 11.3. The maximum absolute atomic E-state index is 12.3. The first-order valence-electron chi connectivity index (χ1n) is 7.55. The van der Waals surface area contributed by atoms with Crippen LogP contribution in [-0.2, 0) is 9.53 Å². The van der Waals surface area contributed by atoms with Crippen LogP contribution in [0.4, 0.5) is 5.00 Å². The van der Waals surface area contributed by atoms with Gasteiger partial charge in [0, 0.05) is 14.1 Å². The van der Waals surface area contributed by atoms with E-state index in [-0.39, 0.29) is 23.0 Å². The molecule has 0 aromatic carbocycles. The predicted octanol–water partition coefficient (Wildman–Crippen LogP) is 0.633. The average Bonchev–Trinajstić information content (AvgIpc) is 2.86. The molecule has 9 nitrogen and oxygen atoms in total. The Balaban J connectivity index is 2.98. The smallest absolute Gasteiger partial charge is 0.341 e. The van der Waals surface area contributed by atoms with Crippen LogP contribution in [0, 0.1) is 6.92 Å². The molecule has 0 saturated carbocycles. The molecule has 1 aromatic rings. The van der Waals surface area contributed by atoms with Crippen molar-refractivity contribution in [2.75, 3.05) is 26.5 Å². The Labute approximate surface area is 160 Å². The van der Waals surface area contributed by atoms with Gasteiger partial charge in [-0.05, 0) is 31.6 Å². The average molecular weight is 402 g/mol. The number of hydrazine groups is 1. The second kappa shape index (κ2) is 9.46. The fourth-order valence-corrected chi connectivity index (χ4v) is 3.38. The summed E-state index contributed by atoms with van der Waals surface area (Å²) in [5.74, 6) is -1.32. The fourth-order valence-electron chi connectivity index (χ4n) is 1.94. The van der Waals surface area contributed by atoms with Crippen LogP contribution < -0.4 is 16.2 Å². The summed E-state index contributed by atoms with van der Waals surface area (Å²) in [5.41, 5.74) is 5.46. The van der Waals surface area contributed by atoms with Gasteiger partial charge < -0.3 is 20.1 Å². The van der Waals surface area contributed by atoms with Gasteiger partial charge in [0.25, 0.3) is 5.91 Å². The molecule has 2 amide bonds. The van der Waals surface area contributed by atoms with E-state index in [0.717, 1.165) is 11.3 Å². The number of nitrogens with zero attached hydrogens (tertiary/aromatic N) is 1. The van der Waals surface area contributed by atoms with Gasteiger partial charge in [-0.2, -0.15) is 0 Å². The van der Waals surface area contributed by atoms with Crippen molar-refractivity contribution in [3.05, 3.63) is 16.0 Å². The summed E-state index contributed by atoms with van der Waals surface area (Å²) in [6.45, 7) is 3.13. The van der Waals surface area contributed by atoms with E-state index in [1.165, 1.54) is 18.9 Å². The first-order chi connectivity index (χ1) is 12.1. The lowest BCUT2D eigenvalue weighted by atomic mass is 10.1. The molecule has 11 heteroatoms. The topological polar surface area (TPSA) is 120 Å². The number of ether oxygens (including phenoxy) is 1. The van der Waals surface area contributed by atoms with Crippen LogP contribution >= 0.6 is 23.6 Å². The van der Waals surface area contributed by atoms with Gasteiger partial charge in [0.15, 0.2) is 5.11 Å². The minimum atomic E-state index is -0.788. The van der Waals surface area contributed by atoms with Crippen LogP contribution in [0.3, 0.4) is 0 Å². The Kier molecular flexibility index (Phi) is 7.93. The zero-order valence-electron chi connectivity index (χ0n) is 15.1. The van der Waals surface area contributed by atoms with Gasteiger partial charge >= 0.3 is 5.97 Å². The number of hydrogen-bond donors (Lipinski definition) is 4. The van der Waals surface area contributed by atoms with Crippen LogP contribution in [0.5, 0.6) is 0 Å². The van der Waals surface area contributed by atoms with Gasteiger partial charge in [0.1, 0.15) is 5.00 Å². The Morgan fingerprint density at radius 3 is 2.42 bits per heavy atom. The number of thiophene rings is 1. The van der Waals surface area contributed by atoms with E-state index in [1.807, 2.05) is 0 Å². The van der Waals surface area contributed by atoms with Crippen molar-refractivity contribution in [3.63, 3.8) is 0 Å². The largest absolute Gasteiger partial charge is 0.465 e. The van der Waals surface area contributed by atoms with Crippen molar-refractivity contribution in [2.24, 2.45) is 0 Å². The van der Waals surface area contributed by atoms with Crippen LogP contribution in [-0.4, -0.2) is 60.2 Å². The number of aliphatic hydroxyl groups excluding tert-OH is 1. The number of thiocarbonyl (C=S) groups is 1. The molecule has 144 valence electrons. The van der Waals surface area contributed by atoms with Crippen molar-refractivity contribution < 1.29 is 24.2 Å². The van der Waals surface area contributed by atoms with Gasteiger partial charge in [-0.3, -0.25) is 20.4 Å². The van der Waals surface area contributed by atoms with Crippen LogP contribution in [0.15, 0.2) is 0 Å². The first kappa shape index (κ1) is 21.8. The number of carbonyl (C=O) groups is 3. The van der Waals surface area contributed by atoms with E-state index in [9.17, 15) is 14.4 Å². The summed E-state index contributed by atoms with van der Waals surface area (Å²) in [6.07, 6.45) is -0.883. The van der Waals surface area contributed by atoms with Gasteiger partial charge in [-0.1, -0.05) is 0 Å². The zero-order valence-corrected chi connectivity index (χ0v) is 16.8. The van der Waals surface area contributed by atoms with Crippen molar-refractivity contribution >= 4 is 51.5 Å². The lowest BCUT2D eigenvalue weighted by molar-refractivity contribution is -0.123. The number of esters is 1. The number of aliphatic hydroxyl groups is 1. The Hall–Kier alpha value is -2.24. The monoisotopic (exact) mass is 402 g/mol. The molecule has 26 heavy (non-hydrogen) atoms. The maximum Gasteiger partial charge on any atom is 0.341 e. The minimum absolute atomic E-state index is 0.0131. The SMILES string of the molecule is COC(=O)c1c(NC(=S)NNC(=O)CC(C)O)sc(C(=O)N(C)C)c1C. The number of amides is 2. The zero-order chi connectivity index (χ0) is 20.0. The quantitative estimate of drug-likeness (QED) is 0.322. The predicted molar refractivity (Wildman–Crippen MR) is 102 cm³/mol. The highest BCUT2D eigenvalue weighted by molar-refractivity contribution is 7.80. The van der Waals surface area contributed by atoms with Crippen molar-refractivity contribution in [3.8, 4) is 0 Å². The fraction of sp³-hybridized carbons (Fsp3) is 0.467. The number of nitrogens with one attached hydrogen (secondary N) is 3. The van der Waals surface area contributed by atoms with Crippen molar-refractivity contribution in [2.45, 2.75) is 26.4 Å². The van der Waals surface area contributed by atoms with E-state index in [2.05, 4.69) is 16.2 Å². The van der Waals surface area contributed by atoms with Crippen LogP contribution in [0.25, 0.3) is 0 Å². The molecule has 0 aliphatic carbocycles. The molecule has 1 rings (SSSR count). The summed E-state index contributed by atoms with van der Waals surface area (Å²) in [6, 6.07) is 0. The molecular formula is C15H22N4O5S2. The standard InChI is InChI=1S/C15H22N4O5S2/c1-7(20)6-9(21)17-18-15(25)16-12-10(14(23)24-5)8(2)11(26-12)13(22)19(3)4/h7,20H,6H2,1-5H3,(H,17,21)(H2,16,18,25). The number of carbonyl (C=O) groups excluding carboxylic acids is 3. The number of rotatable bonds is 5. The molecule has 1 heterocycles. The molecule has 0 radical (unpaired) electrons. The third-order valence-electron chi connectivity index (χ3n) is 3.16. The molecule has 0 saturated heterocycles. The lowest BCUT2D eigenvalue weighted by Crippen LogP contribution is -2.44. The van der Waals surface area contributed by atoms with Gasteiger partial charge in [0.05, 0.1) is 30.1 Å². The van der Waals surface area contributed by atoms with E-state index in [4.69, 9.17) is 22.1 Å². The van der Waals surface area contributed by atoms with Crippen molar-refractivity contribution in [1.82, 2.24) is 15.8 Å². The highest BCUT2D eigenvalue weighted by Crippen LogP contribution is 2.34. The Morgan fingerprint density at radius 2 is 1.92 bits per heavy atom. The van der Waals surface area contributed by atoms with Gasteiger partial charge in [-0.25, -0.2) is 4.79 Å². The second-order valence-electron chi connectivity index (χ2n) is 5.63. The molecule has 0 bridgehead atoms. The van der Waals surface area contributed by atoms with E-state index >= 15 is 0 Å². The summed E-state index contributed by atoms with van der Waals surface area (Å²) >= 11 is 6.14. The van der Waals surface area contributed by atoms with Gasteiger partial charge in [0.2, 0.25) is 5.91 Å². The molecule has 1 unspecified atom stereocenters. The highest BCUT2D eigenvalue weighted by atomic mass is 32.1. The number of methoxy groups -OCH3 is 1. The summed E-state index contributed by atoms with van der Waals surface area (Å²) in [7, 11) is 4.45. The van der Waals surface area contributed by atoms with Crippen LogP contribution in [0.1, 0.15) is 38.9 Å². The van der Waals surface area contributed by atoms with Crippen molar-refractivity contribution in [1.29, 1.82) is 0 Å². The maximum atomic E-state index is 12.3. The summed E-state index contributed by atoms with van der Waals surface area (Å²) in [4.78, 5) is 37.6. The summed E-state index contributed by atoms with van der Waals surface area (Å²) in [5, 5.41) is 12.3. The lowest BCUT2D eigenvalue weighted by Gasteiger charge is -2.12. The summed E-state index contributed by atoms with van der Waals surface area (Å²) < 4.78 is 4.78. The molecule has 0 aliphatic rings. The molecule has 0 fully saturated rings. The van der Waals surface area contributed by atoms with Crippen LogP contribution in [0.2, 0.25) is 0 Å². The highest BCUT2D eigenvalue weighted by Gasteiger charge is 2.26. The number of hydrogen-bond acceptors (Lipinski definition) is 7. The molecule has 1 aromatic heterocycles. The van der Waals surface area contributed by atoms with E-state index in [1.54, 1.807) is 21.0 Å². The Bertz CT molecular complexity index is 715. The van der Waals surface area contributed by atoms with E-state index in [0.29, 0.717) is 15.4 Å².